The molecule has 0 aliphatic carbocycles. The van der Waals surface area contributed by atoms with Gasteiger partial charge in [0.2, 0.25) is 0 Å². The van der Waals surface area contributed by atoms with Gasteiger partial charge in [0.05, 0.1) is 17.7 Å². The summed E-state index contributed by atoms with van der Waals surface area (Å²) in [6.07, 6.45) is -4.30. The van der Waals surface area contributed by atoms with Crippen LogP contribution in [0, 0.1) is 0 Å². The summed E-state index contributed by atoms with van der Waals surface area (Å²) in [6.45, 7) is 0.261. The van der Waals surface area contributed by atoms with Gasteiger partial charge in [-0.25, -0.2) is 0 Å². The van der Waals surface area contributed by atoms with E-state index in [0.29, 0.717) is 13.0 Å². The zero-order valence-corrected chi connectivity index (χ0v) is 12.4. The zero-order valence-electron chi connectivity index (χ0n) is 10.8. The number of hydrogen-bond acceptors (Lipinski definition) is 3. The van der Waals surface area contributed by atoms with Gasteiger partial charge in [-0.05, 0) is 18.2 Å². The molecule has 8 heteroatoms. The summed E-state index contributed by atoms with van der Waals surface area (Å²) in [5, 5.41) is 12.3. The van der Waals surface area contributed by atoms with Gasteiger partial charge in [-0.2, -0.15) is 13.2 Å². The molecule has 0 bridgehead atoms. The molecule has 1 aliphatic rings. The van der Waals surface area contributed by atoms with Gasteiger partial charge in [-0.15, -0.1) is 0 Å². The second-order valence-corrected chi connectivity index (χ2v) is 5.81. The van der Waals surface area contributed by atoms with Crippen LogP contribution in [-0.4, -0.2) is 36.4 Å². The van der Waals surface area contributed by atoms with Crippen LogP contribution in [0.5, 0.6) is 0 Å². The van der Waals surface area contributed by atoms with Crippen LogP contribution in [0.2, 0.25) is 0 Å². The molecule has 1 unspecified atom stereocenters. The fraction of sp³-hybridized carbons (Fsp3) is 0.462. The molecule has 4 nitrogen and oxygen atoms in total. The van der Waals surface area contributed by atoms with E-state index < -0.39 is 28.8 Å². The van der Waals surface area contributed by atoms with Crippen molar-refractivity contribution in [1.29, 1.82) is 0 Å². The molecule has 0 aromatic heterocycles. The van der Waals surface area contributed by atoms with Crippen molar-refractivity contribution in [3.05, 3.63) is 33.8 Å². The highest BCUT2D eigenvalue weighted by molar-refractivity contribution is 9.10. The van der Waals surface area contributed by atoms with Crippen molar-refractivity contribution in [2.75, 3.05) is 19.8 Å². The van der Waals surface area contributed by atoms with E-state index >= 15 is 0 Å². The molecule has 0 saturated carbocycles. The summed E-state index contributed by atoms with van der Waals surface area (Å²) in [4.78, 5) is 11.9. The Hall–Kier alpha value is -1.12. The molecule has 2 N–H and O–H groups in total. The number of benzene rings is 1. The Bertz CT molecular complexity index is 542. The number of aliphatic hydroxyl groups is 1. The van der Waals surface area contributed by atoms with E-state index in [1.807, 2.05) is 0 Å². The van der Waals surface area contributed by atoms with Gasteiger partial charge in [-0.1, -0.05) is 15.9 Å². The molecule has 21 heavy (non-hydrogen) atoms. The number of rotatable bonds is 3. The smallest absolute Gasteiger partial charge is 0.386 e. The third-order valence-electron chi connectivity index (χ3n) is 3.19. The SMILES string of the molecule is O=C(NCC1(O)CCOC1)c1ccc(Br)cc1C(F)(F)F. The van der Waals surface area contributed by atoms with Gasteiger partial charge in [0.1, 0.15) is 5.60 Å². The van der Waals surface area contributed by atoms with E-state index in [-0.39, 0.29) is 17.6 Å². The van der Waals surface area contributed by atoms with Crippen molar-refractivity contribution in [3.63, 3.8) is 0 Å². The Morgan fingerprint density at radius 2 is 2.19 bits per heavy atom. The van der Waals surface area contributed by atoms with E-state index in [1.165, 1.54) is 6.07 Å². The quantitative estimate of drug-likeness (QED) is 0.861. The number of nitrogens with one attached hydrogen (secondary N) is 1. The van der Waals surface area contributed by atoms with Crippen LogP contribution in [0.3, 0.4) is 0 Å². The molecule has 0 spiro atoms. The minimum absolute atomic E-state index is 0.0553. The van der Waals surface area contributed by atoms with Crippen LogP contribution < -0.4 is 5.32 Å². The molecular weight excluding hydrogens is 355 g/mol. The van der Waals surface area contributed by atoms with E-state index in [9.17, 15) is 23.1 Å². The van der Waals surface area contributed by atoms with Crippen LogP contribution in [0.4, 0.5) is 13.2 Å². The van der Waals surface area contributed by atoms with Gasteiger partial charge < -0.3 is 15.2 Å². The molecule has 1 amide bonds. The van der Waals surface area contributed by atoms with Crippen molar-refractivity contribution in [3.8, 4) is 0 Å². The minimum Gasteiger partial charge on any atom is -0.386 e. The zero-order chi connectivity index (χ0) is 15.7. The molecule has 1 aliphatic heterocycles. The van der Waals surface area contributed by atoms with Gasteiger partial charge in [0.15, 0.2) is 0 Å². The largest absolute Gasteiger partial charge is 0.417 e. The molecule has 0 radical (unpaired) electrons. The highest BCUT2D eigenvalue weighted by Gasteiger charge is 2.37. The van der Waals surface area contributed by atoms with Crippen LogP contribution >= 0.6 is 15.9 Å². The Morgan fingerprint density at radius 3 is 2.76 bits per heavy atom. The number of amides is 1. The highest BCUT2D eigenvalue weighted by atomic mass is 79.9. The van der Waals surface area contributed by atoms with E-state index in [4.69, 9.17) is 4.74 Å². The minimum atomic E-state index is -4.64. The average Bonchev–Trinajstić information content (AvgIpc) is 2.82. The summed E-state index contributed by atoms with van der Waals surface area (Å²) in [5.41, 5.74) is -2.72. The number of halogens is 4. The van der Waals surface area contributed by atoms with Crippen molar-refractivity contribution in [1.82, 2.24) is 5.32 Å². The van der Waals surface area contributed by atoms with Crippen LogP contribution in [-0.2, 0) is 10.9 Å². The van der Waals surface area contributed by atoms with Crippen molar-refractivity contribution >= 4 is 21.8 Å². The van der Waals surface area contributed by atoms with E-state index in [1.54, 1.807) is 0 Å². The second-order valence-electron chi connectivity index (χ2n) is 4.90. The monoisotopic (exact) mass is 367 g/mol. The molecule has 1 aromatic rings. The topological polar surface area (TPSA) is 58.6 Å². The average molecular weight is 368 g/mol. The summed E-state index contributed by atoms with van der Waals surface area (Å²) in [5.74, 6) is -0.879. The number of ether oxygens (including phenoxy) is 1. The highest BCUT2D eigenvalue weighted by Crippen LogP contribution is 2.34. The Kier molecular flexibility index (Phi) is 4.60. The predicted molar refractivity (Wildman–Crippen MR) is 71.9 cm³/mol. The lowest BCUT2D eigenvalue weighted by atomic mass is 10.0. The summed E-state index contributed by atoms with van der Waals surface area (Å²) in [7, 11) is 0. The lowest BCUT2D eigenvalue weighted by molar-refractivity contribution is -0.138. The predicted octanol–water partition coefficient (Wildman–Crippen LogP) is 2.35. The van der Waals surface area contributed by atoms with Gasteiger partial charge in [0, 0.05) is 24.0 Å². The lowest BCUT2D eigenvalue weighted by Crippen LogP contribution is -2.43. The maximum Gasteiger partial charge on any atom is 0.417 e. The van der Waals surface area contributed by atoms with Crippen molar-refractivity contribution < 1.29 is 27.8 Å². The molecule has 1 saturated heterocycles. The van der Waals surface area contributed by atoms with Crippen LogP contribution in [0.15, 0.2) is 22.7 Å². The second kappa shape index (κ2) is 5.94. The Labute approximate surface area is 127 Å². The number of alkyl halides is 3. The van der Waals surface area contributed by atoms with Crippen LogP contribution in [0.25, 0.3) is 0 Å². The normalized spacial score (nSPS) is 22.3. The fourth-order valence-electron chi connectivity index (χ4n) is 2.02. The van der Waals surface area contributed by atoms with E-state index in [2.05, 4.69) is 21.2 Å². The molecule has 116 valence electrons. The van der Waals surface area contributed by atoms with Gasteiger partial charge in [0.25, 0.3) is 5.91 Å². The fourth-order valence-corrected chi connectivity index (χ4v) is 2.39. The number of carbonyl (C=O) groups is 1. The summed E-state index contributed by atoms with van der Waals surface area (Å²) >= 11 is 2.95. The Morgan fingerprint density at radius 1 is 1.48 bits per heavy atom. The summed E-state index contributed by atoms with van der Waals surface area (Å²) < 4.78 is 44.0. The van der Waals surface area contributed by atoms with Gasteiger partial charge in [-0.3, -0.25) is 4.79 Å². The molecular formula is C13H13BrF3NO3. The molecule has 1 aromatic carbocycles. The lowest BCUT2D eigenvalue weighted by Gasteiger charge is -2.21. The standard InChI is InChI=1S/C13H13BrF3NO3/c14-8-1-2-9(10(5-8)13(15,16)17)11(19)18-6-12(20)3-4-21-7-12/h1-2,5,20H,3-4,6-7H2,(H,18,19). The van der Waals surface area contributed by atoms with Crippen LogP contribution in [0.1, 0.15) is 22.3 Å². The van der Waals surface area contributed by atoms with Crippen molar-refractivity contribution in [2.24, 2.45) is 0 Å². The Balaban J connectivity index is 2.15. The maximum absolute atomic E-state index is 12.9. The summed E-state index contributed by atoms with van der Waals surface area (Å²) in [6, 6.07) is 3.30. The van der Waals surface area contributed by atoms with Crippen molar-refractivity contribution in [2.45, 2.75) is 18.2 Å². The van der Waals surface area contributed by atoms with E-state index in [0.717, 1.165) is 12.1 Å². The first-order chi connectivity index (χ1) is 9.71. The number of hydrogen-bond donors (Lipinski definition) is 2. The molecule has 2 rings (SSSR count). The molecule has 1 heterocycles. The molecule has 1 atom stereocenters. The maximum atomic E-state index is 12.9. The third-order valence-corrected chi connectivity index (χ3v) is 3.69. The first kappa shape index (κ1) is 16.3. The first-order valence-electron chi connectivity index (χ1n) is 6.16. The first-order valence-corrected chi connectivity index (χ1v) is 6.96. The van der Waals surface area contributed by atoms with Gasteiger partial charge >= 0.3 is 6.18 Å². The number of carbonyl (C=O) groups excluding carboxylic acids is 1. The molecule has 1 fully saturated rings. The third kappa shape index (κ3) is 3.96.